The standard InChI is InChI=1S/C18H18N2/c1-14-17(12-19)13-20(14)18(15-8-4-2-5-9-15)16-10-6-3-7-11-16/h2-11,14,17-18H,13H2,1H3/t14-,17+/m0/s1. The molecule has 1 fully saturated rings. The number of nitriles is 1. The number of hydrogen-bond acceptors (Lipinski definition) is 2. The van der Waals surface area contributed by atoms with Crippen molar-refractivity contribution in [2.24, 2.45) is 5.92 Å². The summed E-state index contributed by atoms with van der Waals surface area (Å²) in [5.74, 6) is 0.157. The summed E-state index contributed by atoms with van der Waals surface area (Å²) in [5, 5.41) is 9.12. The summed E-state index contributed by atoms with van der Waals surface area (Å²) in [5.41, 5.74) is 2.59. The molecule has 0 N–H and O–H groups in total. The number of hydrogen-bond donors (Lipinski definition) is 0. The minimum absolute atomic E-state index is 0.157. The van der Waals surface area contributed by atoms with Gasteiger partial charge < -0.3 is 0 Å². The van der Waals surface area contributed by atoms with Crippen molar-refractivity contribution in [2.45, 2.75) is 19.0 Å². The first kappa shape index (κ1) is 12.9. The van der Waals surface area contributed by atoms with E-state index in [-0.39, 0.29) is 12.0 Å². The first-order chi connectivity index (χ1) is 9.81. The van der Waals surface area contributed by atoms with E-state index in [0.717, 1.165) is 6.54 Å². The fourth-order valence-corrected chi connectivity index (χ4v) is 2.97. The molecule has 0 bridgehead atoms. The Morgan fingerprint density at radius 1 is 1.00 bits per heavy atom. The molecule has 1 heterocycles. The molecule has 2 aromatic carbocycles. The average molecular weight is 262 g/mol. The second-order valence-corrected chi connectivity index (χ2v) is 5.40. The maximum absolute atomic E-state index is 9.12. The fraction of sp³-hybridized carbons (Fsp3) is 0.278. The first-order valence-corrected chi connectivity index (χ1v) is 7.06. The van der Waals surface area contributed by atoms with Gasteiger partial charge in [0, 0.05) is 12.6 Å². The largest absolute Gasteiger partial charge is 0.287 e. The molecule has 0 spiro atoms. The monoisotopic (exact) mass is 262 g/mol. The van der Waals surface area contributed by atoms with E-state index < -0.39 is 0 Å². The summed E-state index contributed by atoms with van der Waals surface area (Å²) < 4.78 is 0. The van der Waals surface area contributed by atoms with E-state index in [1.54, 1.807) is 0 Å². The highest BCUT2D eigenvalue weighted by Gasteiger charge is 2.40. The molecule has 0 radical (unpaired) electrons. The molecular weight excluding hydrogens is 244 g/mol. The Hall–Kier alpha value is -2.11. The van der Waals surface area contributed by atoms with Gasteiger partial charge in [0.05, 0.1) is 18.0 Å². The van der Waals surface area contributed by atoms with Gasteiger partial charge in [-0.05, 0) is 18.1 Å². The maximum Gasteiger partial charge on any atom is 0.0743 e. The topological polar surface area (TPSA) is 27.0 Å². The molecule has 3 rings (SSSR count). The van der Waals surface area contributed by atoms with E-state index in [4.69, 9.17) is 5.26 Å². The highest BCUT2D eigenvalue weighted by molar-refractivity contribution is 5.33. The van der Waals surface area contributed by atoms with Crippen LogP contribution in [0.1, 0.15) is 24.1 Å². The van der Waals surface area contributed by atoms with Gasteiger partial charge in [-0.3, -0.25) is 4.90 Å². The Bertz CT molecular complexity index is 561. The Morgan fingerprint density at radius 2 is 1.50 bits per heavy atom. The van der Waals surface area contributed by atoms with Crippen LogP contribution in [0.5, 0.6) is 0 Å². The zero-order valence-corrected chi connectivity index (χ0v) is 11.6. The molecule has 1 aliphatic rings. The van der Waals surface area contributed by atoms with Crippen LogP contribution in [0.2, 0.25) is 0 Å². The molecule has 2 atom stereocenters. The molecule has 20 heavy (non-hydrogen) atoms. The Morgan fingerprint density at radius 3 is 1.90 bits per heavy atom. The van der Waals surface area contributed by atoms with Crippen molar-refractivity contribution in [2.75, 3.05) is 6.54 Å². The van der Waals surface area contributed by atoms with Crippen LogP contribution in [-0.2, 0) is 0 Å². The van der Waals surface area contributed by atoms with Crippen molar-refractivity contribution < 1.29 is 0 Å². The summed E-state index contributed by atoms with van der Waals surface area (Å²) in [6.45, 7) is 3.00. The van der Waals surface area contributed by atoms with Crippen molar-refractivity contribution in [3.8, 4) is 6.07 Å². The molecule has 0 amide bonds. The van der Waals surface area contributed by atoms with Crippen LogP contribution in [0.4, 0.5) is 0 Å². The van der Waals surface area contributed by atoms with Gasteiger partial charge in [-0.15, -0.1) is 0 Å². The SMILES string of the molecule is C[C@H]1[C@H](C#N)CN1C(c1ccccc1)c1ccccc1. The van der Waals surface area contributed by atoms with Crippen LogP contribution in [0, 0.1) is 17.2 Å². The molecule has 100 valence electrons. The summed E-state index contributed by atoms with van der Waals surface area (Å²) >= 11 is 0. The lowest BCUT2D eigenvalue weighted by Gasteiger charge is -2.48. The van der Waals surface area contributed by atoms with Crippen molar-refractivity contribution in [3.63, 3.8) is 0 Å². The fourth-order valence-electron chi connectivity index (χ4n) is 2.97. The molecule has 1 saturated heterocycles. The second kappa shape index (κ2) is 5.48. The lowest BCUT2D eigenvalue weighted by atomic mass is 9.85. The summed E-state index contributed by atoms with van der Waals surface area (Å²) in [6, 6.07) is 24.1. The molecule has 2 nitrogen and oxygen atoms in total. The predicted octanol–water partition coefficient (Wildman–Crippen LogP) is 3.62. The van der Waals surface area contributed by atoms with Crippen LogP contribution < -0.4 is 0 Å². The third kappa shape index (κ3) is 2.21. The minimum Gasteiger partial charge on any atom is -0.287 e. The molecule has 2 aromatic rings. The second-order valence-electron chi connectivity index (χ2n) is 5.40. The van der Waals surface area contributed by atoms with E-state index in [1.807, 2.05) is 12.1 Å². The summed E-state index contributed by atoms with van der Waals surface area (Å²) in [4.78, 5) is 2.42. The van der Waals surface area contributed by atoms with Crippen LogP contribution in [0.25, 0.3) is 0 Å². The number of nitrogens with zero attached hydrogens (tertiary/aromatic N) is 2. The molecule has 0 unspecified atom stereocenters. The Labute approximate surface area is 120 Å². The Balaban J connectivity index is 1.96. The van der Waals surface area contributed by atoms with E-state index in [0.29, 0.717) is 6.04 Å². The molecule has 0 saturated carbocycles. The quantitative estimate of drug-likeness (QED) is 0.844. The summed E-state index contributed by atoms with van der Waals surface area (Å²) in [6.07, 6.45) is 0. The predicted molar refractivity (Wildman–Crippen MR) is 80.0 cm³/mol. The van der Waals surface area contributed by atoms with Crippen LogP contribution >= 0.6 is 0 Å². The first-order valence-electron chi connectivity index (χ1n) is 7.06. The van der Waals surface area contributed by atoms with E-state index >= 15 is 0 Å². The van der Waals surface area contributed by atoms with Crippen LogP contribution in [0.3, 0.4) is 0 Å². The van der Waals surface area contributed by atoms with E-state index in [2.05, 4.69) is 66.4 Å². The molecule has 0 aliphatic carbocycles. The third-order valence-electron chi connectivity index (χ3n) is 4.24. The summed E-state index contributed by atoms with van der Waals surface area (Å²) in [7, 11) is 0. The van der Waals surface area contributed by atoms with Crippen molar-refractivity contribution in [1.29, 1.82) is 5.26 Å². The van der Waals surface area contributed by atoms with Crippen LogP contribution in [0.15, 0.2) is 60.7 Å². The minimum atomic E-state index is 0.157. The highest BCUT2D eigenvalue weighted by atomic mass is 15.2. The van der Waals surface area contributed by atoms with Gasteiger partial charge >= 0.3 is 0 Å². The Kier molecular flexibility index (Phi) is 3.54. The number of likely N-dealkylation sites (tertiary alicyclic amines) is 1. The lowest BCUT2D eigenvalue weighted by Crippen LogP contribution is -2.55. The zero-order chi connectivity index (χ0) is 13.9. The van der Waals surface area contributed by atoms with Gasteiger partial charge in [-0.25, -0.2) is 0 Å². The van der Waals surface area contributed by atoms with Gasteiger partial charge in [-0.1, -0.05) is 60.7 Å². The van der Waals surface area contributed by atoms with Gasteiger partial charge in [0.15, 0.2) is 0 Å². The normalized spacial score (nSPS) is 22.2. The van der Waals surface area contributed by atoms with Crippen molar-refractivity contribution in [3.05, 3.63) is 71.8 Å². The smallest absolute Gasteiger partial charge is 0.0743 e. The van der Waals surface area contributed by atoms with Gasteiger partial charge in [0.25, 0.3) is 0 Å². The van der Waals surface area contributed by atoms with E-state index in [1.165, 1.54) is 11.1 Å². The van der Waals surface area contributed by atoms with E-state index in [9.17, 15) is 0 Å². The maximum atomic E-state index is 9.12. The molecule has 2 heteroatoms. The van der Waals surface area contributed by atoms with Gasteiger partial charge in [-0.2, -0.15) is 5.26 Å². The number of rotatable bonds is 3. The number of benzene rings is 2. The zero-order valence-electron chi connectivity index (χ0n) is 11.6. The van der Waals surface area contributed by atoms with Crippen molar-refractivity contribution >= 4 is 0 Å². The van der Waals surface area contributed by atoms with Crippen molar-refractivity contribution in [1.82, 2.24) is 4.90 Å². The highest BCUT2D eigenvalue weighted by Crippen LogP contribution is 2.37. The molecule has 1 aliphatic heterocycles. The van der Waals surface area contributed by atoms with Gasteiger partial charge in [0.1, 0.15) is 0 Å². The van der Waals surface area contributed by atoms with Gasteiger partial charge in [0.2, 0.25) is 0 Å². The average Bonchev–Trinajstić information content (AvgIpc) is 2.52. The lowest BCUT2D eigenvalue weighted by molar-refractivity contribution is 0.0289. The molecule has 0 aromatic heterocycles. The third-order valence-corrected chi connectivity index (χ3v) is 4.24. The molecular formula is C18H18N2. The van der Waals surface area contributed by atoms with Crippen LogP contribution in [-0.4, -0.2) is 17.5 Å².